The van der Waals surface area contributed by atoms with Gasteiger partial charge >= 0.3 is 0 Å². The van der Waals surface area contributed by atoms with Crippen molar-refractivity contribution in [3.63, 3.8) is 0 Å². The summed E-state index contributed by atoms with van der Waals surface area (Å²) in [5.74, 6) is 0.483. The van der Waals surface area contributed by atoms with Crippen LogP contribution in [-0.2, 0) is 4.79 Å². The third kappa shape index (κ3) is 5.01. The maximum absolute atomic E-state index is 12.1. The van der Waals surface area contributed by atoms with Crippen LogP contribution in [-0.4, -0.2) is 21.9 Å². The monoisotopic (exact) mass is 334 g/mol. The van der Waals surface area contributed by atoms with E-state index >= 15 is 0 Å². The molecule has 0 radical (unpaired) electrons. The minimum absolute atomic E-state index is 0. The van der Waals surface area contributed by atoms with Crippen molar-refractivity contribution in [1.29, 1.82) is 0 Å². The Balaban J connectivity index is 0.00000264. The summed E-state index contributed by atoms with van der Waals surface area (Å²) >= 11 is 0. The summed E-state index contributed by atoms with van der Waals surface area (Å²) in [6, 6.07) is 8.71. The van der Waals surface area contributed by atoms with Gasteiger partial charge < -0.3 is 11.1 Å². The van der Waals surface area contributed by atoms with Gasteiger partial charge in [-0.3, -0.25) is 4.79 Å². The van der Waals surface area contributed by atoms with Crippen LogP contribution in [0.3, 0.4) is 0 Å². The van der Waals surface area contributed by atoms with Gasteiger partial charge in [0.05, 0.1) is 6.04 Å². The fourth-order valence-electron chi connectivity index (χ4n) is 1.90. The predicted molar refractivity (Wildman–Crippen MR) is 95.5 cm³/mol. The number of hydrogen-bond donors (Lipinski definition) is 2. The molecule has 0 aliphatic heterocycles. The van der Waals surface area contributed by atoms with Gasteiger partial charge in [-0.05, 0) is 42.7 Å². The number of carbonyl (C=O) groups is 1. The van der Waals surface area contributed by atoms with Gasteiger partial charge in [0.15, 0.2) is 5.82 Å². The van der Waals surface area contributed by atoms with E-state index in [-0.39, 0.29) is 23.7 Å². The zero-order valence-corrected chi connectivity index (χ0v) is 14.6. The molecule has 1 aromatic heterocycles. The highest BCUT2D eigenvalue weighted by molar-refractivity contribution is 5.95. The Morgan fingerprint density at radius 2 is 1.78 bits per heavy atom. The Hall–Kier alpha value is -1.98. The molecule has 1 atom stereocenters. The van der Waals surface area contributed by atoms with E-state index in [0.717, 1.165) is 11.3 Å². The third-order valence-corrected chi connectivity index (χ3v) is 3.42. The summed E-state index contributed by atoms with van der Waals surface area (Å²) in [6.07, 6.45) is 1.73. The molecule has 1 aromatic carbocycles. The molecule has 1 amide bonds. The van der Waals surface area contributed by atoms with Crippen LogP contribution in [0.4, 0.5) is 5.69 Å². The molecule has 2 aromatic rings. The van der Waals surface area contributed by atoms with Crippen molar-refractivity contribution in [3.8, 4) is 11.4 Å². The SMILES string of the molecule is Cc1ccnc(-c2ccc(NC(=O)[C@@H](N)C(C)(C)C)cc2)n1.Cl. The number of halogens is 1. The van der Waals surface area contributed by atoms with E-state index in [1.54, 1.807) is 6.20 Å². The van der Waals surface area contributed by atoms with Gasteiger partial charge in [-0.15, -0.1) is 12.4 Å². The standard InChI is InChI=1S/C17H22N4O.ClH/c1-11-9-10-19-15(20-11)12-5-7-13(8-6-12)21-16(22)14(18)17(2,3)4;/h5-10,14H,18H2,1-4H3,(H,21,22);1H/t14-;/m1./s1. The molecule has 6 heteroatoms. The number of aryl methyl sites for hydroxylation is 1. The van der Waals surface area contributed by atoms with Gasteiger partial charge in [0.2, 0.25) is 5.91 Å². The van der Waals surface area contributed by atoms with Gasteiger partial charge in [-0.1, -0.05) is 20.8 Å². The number of anilines is 1. The maximum Gasteiger partial charge on any atom is 0.241 e. The van der Waals surface area contributed by atoms with Crippen molar-refractivity contribution < 1.29 is 4.79 Å². The van der Waals surface area contributed by atoms with Crippen molar-refractivity contribution in [2.24, 2.45) is 11.1 Å². The summed E-state index contributed by atoms with van der Waals surface area (Å²) < 4.78 is 0. The van der Waals surface area contributed by atoms with Gasteiger partial charge in [0.25, 0.3) is 0 Å². The van der Waals surface area contributed by atoms with Crippen molar-refractivity contribution in [3.05, 3.63) is 42.2 Å². The average Bonchev–Trinajstić information content (AvgIpc) is 2.46. The van der Waals surface area contributed by atoms with Crippen LogP contribution in [0.2, 0.25) is 0 Å². The zero-order valence-electron chi connectivity index (χ0n) is 13.8. The molecule has 1 heterocycles. The first kappa shape index (κ1) is 19.1. The highest BCUT2D eigenvalue weighted by Gasteiger charge is 2.27. The van der Waals surface area contributed by atoms with Crippen LogP contribution in [0, 0.1) is 12.3 Å². The Bertz CT molecular complexity index is 665. The summed E-state index contributed by atoms with van der Waals surface area (Å²) in [4.78, 5) is 20.7. The second-order valence-corrected chi connectivity index (χ2v) is 6.43. The molecule has 0 unspecified atom stereocenters. The van der Waals surface area contributed by atoms with Crippen LogP contribution in [0.1, 0.15) is 26.5 Å². The summed E-state index contributed by atoms with van der Waals surface area (Å²) in [5, 5.41) is 2.83. The number of aromatic nitrogens is 2. The lowest BCUT2D eigenvalue weighted by atomic mass is 9.87. The van der Waals surface area contributed by atoms with E-state index in [1.165, 1.54) is 0 Å². The Morgan fingerprint density at radius 1 is 1.17 bits per heavy atom. The average molecular weight is 335 g/mol. The fourth-order valence-corrected chi connectivity index (χ4v) is 1.90. The first-order chi connectivity index (χ1) is 10.3. The Morgan fingerprint density at radius 3 is 2.30 bits per heavy atom. The van der Waals surface area contributed by atoms with Crippen LogP contribution >= 0.6 is 12.4 Å². The van der Waals surface area contributed by atoms with Crippen LogP contribution in [0.5, 0.6) is 0 Å². The minimum atomic E-state index is -0.563. The fraction of sp³-hybridized carbons (Fsp3) is 0.353. The number of nitrogens with zero attached hydrogens (tertiary/aromatic N) is 2. The largest absolute Gasteiger partial charge is 0.325 e. The van der Waals surface area contributed by atoms with Crippen molar-refractivity contribution in [2.45, 2.75) is 33.7 Å². The smallest absolute Gasteiger partial charge is 0.241 e. The lowest BCUT2D eigenvalue weighted by molar-refractivity contribution is -0.119. The number of nitrogens with two attached hydrogens (primary N) is 1. The van der Waals surface area contributed by atoms with Gasteiger partial charge in [0, 0.05) is 23.1 Å². The van der Waals surface area contributed by atoms with Gasteiger partial charge in [0.1, 0.15) is 0 Å². The zero-order chi connectivity index (χ0) is 16.3. The predicted octanol–water partition coefficient (Wildman–Crippen LogP) is 3.19. The molecular formula is C17H23ClN4O. The second-order valence-electron chi connectivity index (χ2n) is 6.43. The molecule has 2 rings (SSSR count). The van der Waals surface area contributed by atoms with E-state index in [1.807, 2.05) is 58.0 Å². The highest BCUT2D eigenvalue weighted by atomic mass is 35.5. The van der Waals surface area contributed by atoms with E-state index in [0.29, 0.717) is 11.5 Å². The van der Waals surface area contributed by atoms with E-state index in [2.05, 4.69) is 15.3 Å². The van der Waals surface area contributed by atoms with Crippen molar-refractivity contribution in [1.82, 2.24) is 9.97 Å². The quantitative estimate of drug-likeness (QED) is 0.903. The van der Waals surface area contributed by atoms with Crippen molar-refractivity contribution in [2.75, 3.05) is 5.32 Å². The van der Waals surface area contributed by atoms with Crippen LogP contribution in [0.15, 0.2) is 36.5 Å². The van der Waals surface area contributed by atoms with Crippen LogP contribution < -0.4 is 11.1 Å². The van der Waals surface area contributed by atoms with Crippen molar-refractivity contribution >= 4 is 24.0 Å². The second kappa shape index (κ2) is 7.53. The lowest BCUT2D eigenvalue weighted by Crippen LogP contribution is -2.45. The molecule has 0 aliphatic carbocycles. The van der Waals surface area contributed by atoms with Gasteiger partial charge in [-0.25, -0.2) is 9.97 Å². The molecule has 0 fully saturated rings. The molecule has 0 saturated carbocycles. The molecule has 23 heavy (non-hydrogen) atoms. The molecule has 0 saturated heterocycles. The number of hydrogen-bond acceptors (Lipinski definition) is 4. The van der Waals surface area contributed by atoms with Gasteiger partial charge in [-0.2, -0.15) is 0 Å². The first-order valence-corrected chi connectivity index (χ1v) is 7.24. The Kier molecular flexibility index (Phi) is 6.24. The maximum atomic E-state index is 12.1. The minimum Gasteiger partial charge on any atom is -0.325 e. The Labute approximate surface area is 143 Å². The third-order valence-electron chi connectivity index (χ3n) is 3.42. The normalized spacial score (nSPS) is 12.2. The molecule has 5 nitrogen and oxygen atoms in total. The molecule has 0 spiro atoms. The summed E-state index contributed by atoms with van der Waals surface area (Å²) in [6.45, 7) is 7.74. The molecule has 124 valence electrons. The molecular weight excluding hydrogens is 312 g/mol. The van der Waals surface area contributed by atoms with E-state index in [4.69, 9.17) is 5.73 Å². The van der Waals surface area contributed by atoms with E-state index in [9.17, 15) is 4.79 Å². The first-order valence-electron chi connectivity index (χ1n) is 7.24. The molecule has 3 N–H and O–H groups in total. The summed E-state index contributed by atoms with van der Waals surface area (Å²) in [5.41, 5.74) is 8.20. The number of carbonyl (C=O) groups excluding carboxylic acids is 1. The topological polar surface area (TPSA) is 80.9 Å². The van der Waals surface area contributed by atoms with E-state index < -0.39 is 6.04 Å². The number of amides is 1. The molecule has 0 aliphatic rings. The highest BCUT2D eigenvalue weighted by Crippen LogP contribution is 2.21. The molecule has 0 bridgehead atoms. The summed E-state index contributed by atoms with van der Waals surface area (Å²) in [7, 11) is 0. The number of nitrogens with one attached hydrogen (secondary N) is 1. The lowest BCUT2D eigenvalue weighted by Gasteiger charge is -2.25. The van der Waals surface area contributed by atoms with Crippen LogP contribution in [0.25, 0.3) is 11.4 Å². The number of rotatable bonds is 3. The number of benzene rings is 1.